The molecule has 0 aliphatic heterocycles. The fraction of sp³-hybridized carbons (Fsp3) is 0.238. The molecule has 0 aliphatic rings. The Kier molecular flexibility index (Phi) is 5.74. The van der Waals surface area contributed by atoms with Gasteiger partial charge in [-0.1, -0.05) is 50.2 Å². The van der Waals surface area contributed by atoms with Crippen LogP contribution in [0.5, 0.6) is 5.75 Å². The predicted octanol–water partition coefficient (Wildman–Crippen LogP) is 3.34. The fourth-order valence-electron chi connectivity index (χ4n) is 3.10. The molecule has 0 atom stereocenters. The molecule has 1 heterocycles. The summed E-state index contributed by atoms with van der Waals surface area (Å²) in [6, 6.07) is 13.9. The molecule has 3 rings (SSSR count). The zero-order chi connectivity index (χ0) is 21.2. The van der Waals surface area contributed by atoms with Gasteiger partial charge < -0.3 is 9.30 Å². The Hall–Kier alpha value is -3.13. The van der Waals surface area contributed by atoms with E-state index in [0.29, 0.717) is 5.82 Å². The maximum Gasteiger partial charge on any atom is 0.285 e. The van der Waals surface area contributed by atoms with E-state index in [2.05, 4.69) is 23.6 Å². The van der Waals surface area contributed by atoms with Crippen molar-refractivity contribution in [2.24, 2.45) is 7.05 Å². The average Bonchev–Trinajstić information content (AvgIpc) is 3.09. The number of hydrogen-bond donors (Lipinski definition) is 1. The van der Waals surface area contributed by atoms with E-state index in [-0.39, 0.29) is 22.3 Å². The lowest BCUT2D eigenvalue weighted by atomic mass is 9.97. The lowest BCUT2D eigenvalue weighted by molar-refractivity contribution is 0.0977. The first-order valence-electron chi connectivity index (χ1n) is 9.07. The number of nitrogens with one attached hydrogen (secondary N) is 1. The number of ether oxygens (including phenoxy) is 1. The number of aryl methyl sites for hydroxylation is 1. The SMILES string of the molecule is COc1ccccc1S(=O)(=O)NC(=O)c1cn(C)c(-c2ccccc2C(C)C)n1. The molecule has 3 aromatic rings. The van der Waals surface area contributed by atoms with Crippen LogP contribution in [0.2, 0.25) is 0 Å². The molecule has 1 N–H and O–H groups in total. The highest BCUT2D eigenvalue weighted by atomic mass is 32.2. The third-order valence-corrected chi connectivity index (χ3v) is 5.89. The number of sulfonamides is 1. The predicted molar refractivity (Wildman–Crippen MR) is 110 cm³/mol. The minimum Gasteiger partial charge on any atom is -0.495 e. The normalized spacial score (nSPS) is 11.5. The smallest absolute Gasteiger partial charge is 0.285 e. The van der Waals surface area contributed by atoms with Gasteiger partial charge in [0.2, 0.25) is 0 Å². The number of amides is 1. The van der Waals surface area contributed by atoms with Crippen LogP contribution in [0.25, 0.3) is 11.4 Å². The molecule has 0 unspecified atom stereocenters. The van der Waals surface area contributed by atoms with E-state index in [1.807, 2.05) is 24.3 Å². The summed E-state index contributed by atoms with van der Waals surface area (Å²) in [5.74, 6) is 0.209. The summed E-state index contributed by atoms with van der Waals surface area (Å²) < 4.78 is 34.2. The standard InChI is InChI=1S/C21H23N3O4S/c1-14(2)15-9-5-6-10-16(15)20-22-17(13-24(20)3)21(25)23-29(26,27)19-12-8-7-11-18(19)28-4/h5-14H,1-4H3,(H,23,25). The Balaban J connectivity index is 1.93. The molecular formula is C21H23N3O4S. The highest BCUT2D eigenvalue weighted by Gasteiger charge is 2.24. The Morgan fingerprint density at radius 2 is 1.76 bits per heavy atom. The number of methoxy groups -OCH3 is 1. The zero-order valence-electron chi connectivity index (χ0n) is 16.7. The molecule has 7 nitrogen and oxygen atoms in total. The number of para-hydroxylation sites is 1. The van der Waals surface area contributed by atoms with Crippen molar-refractivity contribution >= 4 is 15.9 Å². The number of carbonyl (C=O) groups excluding carboxylic acids is 1. The lowest BCUT2D eigenvalue weighted by Crippen LogP contribution is -2.31. The van der Waals surface area contributed by atoms with Gasteiger partial charge in [-0.05, 0) is 23.6 Å². The van der Waals surface area contributed by atoms with Crippen LogP contribution in [0.1, 0.15) is 35.8 Å². The highest BCUT2D eigenvalue weighted by molar-refractivity contribution is 7.90. The summed E-state index contributed by atoms with van der Waals surface area (Å²) in [5, 5.41) is 0. The van der Waals surface area contributed by atoms with Crippen molar-refractivity contribution in [3.8, 4) is 17.1 Å². The molecule has 0 aliphatic carbocycles. The number of rotatable bonds is 6. The molecule has 0 fully saturated rings. The maximum atomic E-state index is 12.7. The molecule has 1 aromatic heterocycles. The molecule has 0 spiro atoms. The van der Waals surface area contributed by atoms with Crippen LogP contribution in [0.15, 0.2) is 59.6 Å². The van der Waals surface area contributed by atoms with Crippen LogP contribution in [0.3, 0.4) is 0 Å². The number of carbonyl (C=O) groups is 1. The monoisotopic (exact) mass is 413 g/mol. The Morgan fingerprint density at radius 1 is 1.10 bits per heavy atom. The van der Waals surface area contributed by atoms with Gasteiger partial charge in [0.25, 0.3) is 15.9 Å². The Bertz CT molecular complexity index is 1150. The Labute approximate surface area is 170 Å². The van der Waals surface area contributed by atoms with Crippen LogP contribution < -0.4 is 9.46 Å². The van der Waals surface area contributed by atoms with E-state index in [9.17, 15) is 13.2 Å². The molecule has 0 saturated heterocycles. The molecule has 1 amide bonds. The molecule has 2 aromatic carbocycles. The van der Waals surface area contributed by atoms with Crippen molar-refractivity contribution in [3.05, 3.63) is 66.0 Å². The highest BCUT2D eigenvalue weighted by Crippen LogP contribution is 2.28. The largest absolute Gasteiger partial charge is 0.495 e. The van der Waals surface area contributed by atoms with Gasteiger partial charge in [0, 0.05) is 18.8 Å². The molecule has 0 radical (unpaired) electrons. The van der Waals surface area contributed by atoms with E-state index >= 15 is 0 Å². The number of nitrogens with zero attached hydrogens (tertiary/aromatic N) is 2. The van der Waals surface area contributed by atoms with E-state index in [1.165, 1.54) is 25.4 Å². The van der Waals surface area contributed by atoms with Crippen molar-refractivity contribution in [2.45, 2.75) is 24.7 Å². The van der Waals surface area contributed by atoms with Gasteiger partial charge in [-0.25, -0.2) is 18.1 Å². The van der Waals surface area contributed by atoms with Crippen LogP contribution in [0, 0.1) is 0 Å². The minimum atomic E-state index is -4.11. The first-order chi connectivity index (χ1) is 13.7. The average molecular weight is 413 g/mol. The van der Waals surface area contributed by atoms with Gasteiger partial charge in [0.15, 0.2) is 0 Å². The van der Waals surface area contributed by atoms with Crippen molar-refractivity contribution in [2.75, 3.05) is 7.11 Å². The van der Waals surface area contributed by atoms with Crippen molar-refractivity contribution in [3.63, 3.8) is 0 Å². The van der Waals surface area contributed by atoms with Crippen molar-refractivity contribution < 1.29 is 17.9 Å². The van der Waals surface area contributed by atoms with E-state index in [0.717, 1.165) is 11.1 Å². The molecule has 0 saturated carbocycles. The molecular weight excluding hydrogens is 390 g/mol. The minimum absolute atomic E-state index is 0.0135. The van der Waals surface area contributed by atoms with E-state index in [4.69, 9.17) is 4.74 Å². The number of benzene rings is 2. The third kappa shape index (κ3) is 4.17. The molecule has 8 heteroatoms. The van der Waals surface area contributed by atoms with Crippen LogP contribution >= 0.6 is 0 Å². The maximum absolute atomic E-state index is 12.7. The van der Waals surface area contributed by atoms with Gasteiger partial charge in [0.05, 0.1) is 7.11 Å². The fourth-order valence-corrected chi connectivity index (χ4v) is 4.23. The second-order valence-electron chi connectivity index (χ2n) is 6.89. The summed E-state index contributed by atoms with van der Waals surface area (Å²) in [5.41, 5.74) is 2.01. The zero-order valence-corrected chi connectivity index (χ0v) is 17.5. The lowest BCUT2D eigenvalue weighted by Gasteiger charge is -2.12. The summed E-state index contributed by atoms with van der Waals surface area (Å²) in [4.78, 5) is 16.9. The van der Waals surface area contributed by atoms with Gasteiger partial charge in [-0.15, -0.1) is 0 Å². The second kappa shape index (κ2) is 8.08. The number of hydrogen-bond acceptors (Lipinski definition) is 5. The summed E-state index contributed by atoms with van der Waals surface area (Å²) in [7, 11) is -0.977. The first kappa shape index (κ1) is 20.6. The van der Waals surface area contributed by atoms with Crippen LogP contribution in [-0.2, 0) is 17.1 Å². The summed E-state index contributed by atoms with van der Waals surface area (Å²) >= 11 is 0. The van der Waals surface area contributed by atoms with Gasteiger partial charge in [-0.3, -0.25) is 4.79 Å². The summed E-state index contributed by atoms with van der Waals surface area (Å²) in [6.07, 6.45) is 1.51. The molecule has 0 bridgehead atoms. The first-order valence-corrected chi connectivity index (χ1v) is 10.6. The number of aromatic nitrogens is 2. The van der Waals surface area contributed by atoms with Crippen LogP contribution in [-0.4, -0.2) is 31.0 Å². The van der Waals surface area contributed by atoms with Gasteiger partial charge in [0.1, 0.15) is 22.2 Å². The number of imidazole rings is 1. The van der Waals surface area contributed by atoms with Crippen LogP contribution in [0.4, 0.5) is 0 Å². The second-order valence-corrected chi connectivity index (χ2v) is 8.54. The van der Waals surface area contributed by atoms with E-state index < -0.39 is 15.9 Å². The molecule has 29 heavy (non-hydrogen) atoms. The summed E-state index contributed by atoms with van der Waals surface area (Å²) in [6.45, 7) is 4.16. The van der Waals surface area contributed by atoms with E-state index in [1.54, 1.807) is 23.7 Å². The third-order valence-electron chi connectivity index (χ3n) is 4.52. The molecule has 152 valence electrons. The van der Waals surface area contributed by atoms with Gasteiger partial charge >= 0.3 is 0 Å². The quantitative estimate of drug-likeness (QED) is 0.669. The Morgan fingerprint density at radius 3 is 2.45 bits per heavy atom. The van der Waals surface area contributed by atoms with Gasteiger partial charge in [-0.2, -0.15) is 0 Å². The van der Waals surface area contributed by atoms with Crippen molar-refractivity contribution in [1.82, 2.24) is 14.3 Å². The topological polar surface area (TPSA) is 90.3 Å². The van der Waals surface area contributed by atoms with Crippen molar-refractivity contribution in [1.29, 1.82) is 0 Å².